The van der Waals surface area contributed by atoms with Crippen molar-refractivity contribution >= 4 is 27.3 Å². The SMILES string of the molecule is Cc1ccc(S(=O)(=O)N(CC(=O)Nc2ccccc2F)c2cc(C)cc(C)c2)cc1. The van der Waals surface area contributed by atoms with Gasteiger partial charge in [0, 0.05) is 0 Å². The van der Waals surface area contributed by atoms with Crippen molar-refractivity contribution in [2.75, 3.05) is 16.2 Å². The molecule has 0 aliphatic rings. The third kappa shape index (κ3) is 4.86. The minimum atomic E-state index is -4.02. The molecule has 0 radical (unpaired) electrons. The highest BCUT2D eigenvalue weighted by Crippen LogP contribution is 2.26. The number of anilines is 2. The highest BCUT2D eigenvalue weighted by Gasteiger charge is 2.27. The fourth-order valence-electron chi connectivity index (χ4n) is 3.13. The molecular weight excluding hydrogens is 403 g/mol. The van der Waals surface area contributed by atoms with Gasteiger partial charge in [0.15, 0.2) is 0 Å². The number of para-hydroxylation sites is 1. The predicted molar refractivity (Wildman–Crippen MR) is 117 cm³/mol. The molecule has 156 valence electrons. The van der Waals surface area contributed by atoms with Gasteiger partial charge in [-0.3, -0.25) is 9.10 Å². The van der Waals surface area contributed by atoms with Crippen molar-refractivity contribution < 1.29 is 17.6 Å². The molecule has 1 amide bonds. The van der Waals surface area contributed by atoms with E-state index in [1.165, 1.54) is 30.3 Å². The molecule has 30 heavy (non-hydrogen) atoms. The summed E-state index contributed by atoms with van der Waals surface area (Å²) < 4.78 is 41.7. The number of nitrogens with zero attached hydrogens (tertiary/aromatic N) is 1. The van der Waals surface area contributed by atoms with Crippen LogP contribution in [-0.4, -0.2) is 20.9 Å². The zero-order chi connectivity index (χ0) is 21.9. The van der Waals surface area contributed by atoms with Crippen molar-refractivity contribution in [2.24, 2.45) is 0 Å². The average Bonchev–Trinajstić information content (AvgIpc) is 2.67. The first-order chi connectivity index (χ1) is 14.2. The molecule has 0 spiro atoms. The number of aryl methyl sites for hydroxylation is 3. The zero-order valence-electron chi connectivity index (χ0n) is 17.0. The van der Waals surface area contributed by atoms with Crippen molar-refractivity contribution in [3.05, 3.63) is 89.2 Å². The maximum Gasteiger partial charge on any atom is 0.264 e. The van der Waals surface area contributed by atoms with Crippen molar-refractivity contribution in [3.8, 4) is 0 Å². The Bertz CT molecular complexity index is 1160. The van der Waals surface area contributed by atoms with E-state index in [4.69, 9.17) is 0 Å². The Kier molecular flexibility index (Phi) is 6.22. The topological polar surface area (TPSA) is 66.5 Å². The van der Waals surface area contributed by atoms with Gasteiger partial charge in [0.05, 0.1) is 16.3 Å². The van der Waals surface area contributed by atoms with Gasteiger partial charge in [0.1, 0.15) is 12.4 Å². The van der Waals surface area contributed by atoms with Gasteiger partial charge >= 0.3 is 0 Å². The number of carbonyl (C=O) groups excluding carboxylic acids is 1. The van der Waals surface area contributed by atoms with Gasteiger partial charge in [-0.15, -0.1) is 0 Å². The molecule has 3 rings (SSSR count). The highest BCUT2D eigenvalue weighted by molar-refractivity contribution is 7.92. The van der Waals surface area contributed by atoms with Crippen LogP contribution in [0, 0.1) is 26.6 Å². The molecule has 0 atom stereocenters. The van der Waals surface area contributed by atoms with Crippen LogP contribution in [-0.2, 0) is 14.8 Å². The third-order valence-corrected chi connectivity index (χ3v) is 6.33. The number of benzene rings is 3. The Balaban J connectivity index is 2.00. The van der Waals surface area contributed by atoms with E-state index in [-0.39, 0.29) is 10.6 Å². The summed E-state index contributed by atoms with van der Waals surface area (Å²) in [5, 5.41) is 2.45. The first-order valence-corrected chi connectivity index (χ1v) is 10.8. The Morgan fingerprint density at radius 3 is 2.10 bits per heavy atom. The number of hydrogen-bond donors (Lipinski definition) is 1. The normalized spacial score (nSPS) is 11.2. The molecule has 0 bridgehead atoms. The van der Waals surface area contributed by atoms with Crippen LogP contribution < -0.4 is 9.62 Å². The molecular formula is C23H23FN2O3S. The lowest BCUT2D eigenvalue weighted by Crippen LogP contribution is -2.38. The molecule has 0 saturated heterocycles. The maximum atomic E-state index is 13.9. The van der Waals surface area contributed by atoms with Crippen LogP contribution in [0.3, 0.4) is 0 Å². The van der Waals surface area contributed by atoms with Gasteiger partial charge < -0.3 is 5.32 Å². The smallest absolute Gasteiger partial charge is 0.264 e. The second-order valence-electron chi connectivity index (χ2n) is 7.20. The first kappa shape index (κ1) is 21.5. The molecule has 0 fully saturated rings. The van der Waals surface area contributed by atoms with Gasteiger partial charge in [0.2, 0.25) is 5.91 Å². The Labute approximate surface area is 176 Å². The summed E-state index contributed by atoms with van der Waals surface area (Å²) in [6, 6.07) is 17.5. The highest BCUT2D eigenvalue weighted by atomic mass is 32.2. The van der Waals surface area contributed by atoms with Crippen LogP contribution >= 0.6 is 0 Å². The van der Waals surface area contributed by atoms with Crippen LogP contribution in [0.15, 0.2) is 71.6 Å². The van der Waals surface area contributed by atoms with Gasteiger partial charge in [-0.25, -0.2) is 12.8 Å². The molecule has 0 aromatic heterocycles. The molecule has 3 aromatic carbocycles. The summed E-state index contributed by atoms with van der Waals surface area (Å²) in [7, 11) is -4.02. The van der Waals surface area contributed by atoms with Gasteiger partial charge in [-0.1, -0.05) is 35.9 Å². The summed E-state index contributed by atoms with van der Waals surface area (Å²) in [4.78, 5) is 12.7. The van der Waals surface area contributed by atoms with Crippen LogP contribution in [0.1, 0.15) is 16.7 Å². The van der Waals surface area contributed by atoms with Gasteiger partial charge in [0.25, 0.3) is 10.0 Å². The monoisotopic (exact) mass is 426 g/mol. The molecule has 7 heteroatoms. The summed E-state index contributed by atoms with van der Waals surface area (Å²) in [6.07, 6.45) is 0. The van der Waals surface area contributed by atoms with E-state index in [9.17, 15) is 17.6 Å². The lowest BCUT2D eigenvalue weighted by atomic mass is 10.1. The van der Waals surface area contributed by atoms with Gasteiger partial charge in [-0.05, 0) is 68.3 Å². The molecule has 1 N–H and O–H groups in total. The van der Waals surface area contributed by atoms with Crippen molar-refractivity contribution in [3.63, 3.8) is 0 Å². The largest absolute Gasteiger partial charge is 0.322 e. The van der Waals surface area contributed by atoms with Crippen LogP contribution in [0.4, 0.5) is 15.8 Å². The zero-order valence-corrected chi connectivity index (χ0v) is 17.8. The number of carbonyl (C=O) groups is 1. The standard InChI is InChI=1S/C23H23FN2O3S/c1-16-8-10-20(11-9-16)30(28,29)26(19-13-17(2)12-18(3)14-19)15-23(27)25-22-7-5-4-6-21(22)24/h4-14H,15H2,1-3H3,(H,25,27). The lowest BCUT2D eigenvalue weighted by molar-refractivity contribution is -0.114. The van der Waals surface area contributed by atoms with E-state index in [0.717, 1.165) is 21.0 Å². The fraction of sp³-hybridized carbons (Fsp3) is 0.174. The van der Waals surface area contributed by atoms with E-state index in [2.05, 4.69) is 5.32 Å². The van der Waals surface area contributed by atoms with Crippen molar-refractivity contribution in [1.82, 2.24) is 0 Å². The van der Waals surface area contributed by atoms with Crippen molar-refractivity contribution in [1.29, 1.82) is 0 Å². The Morgan fingerprint density at radius 2 is 1.50 bits per heavy atom. The molecule has 0 aliphatic heterocycles. The number of halogens is 1. The van der Waals surface area contributed by atoms with Crippen LogP contribution in [0.5, 0.6) is 0 Å². The number of rotatable bonds is 6. The fourth-order valence-corrected chi connectivity index (χ4v) is 4.53. The van der Waals surface area contributed by atoms with E-state index in [1.54, 1.807) is 30.3 Å². The molecule has 0 unspecified atom stereocenters. The maximum absolute atomic E-state index is 13.9. The van der Waals surface area contributed by atoms with Crippen molar-refractivity contribution in [2.45, 2.75) is 25.7 Å². The van der Waals surface area contributed by atoms with Gasteiger partial charge in [-0.2, -0.15) is 0 Å². The molecule has 0 saturated carbocycles. The lowest BCUT2D eigenvalue weighted by Gasteiger charge is -2.25. The molecule has 5 nitrogen and oxygen atoms in total. The Hall–Kier alpha value is -3.19. The Morgan fingerprint density at radius 1 is 0.900 bits per heavy atom. The summed E-state index contributed by atoms with van der Waals surface area (Å²) in [5.74, 6) is -1.24. The molecule has 0 aliphatic carbocycles. The quantitative estimate of drug-likeness (QED) is 0.627. The summed E-state index contributed by atoms with van der Waals surface area (Å²) in [6.45, 7) is 5.08. The van der Waals surface area contributed by atoms with Crippen LogP contribution in [0.25, 0.3) is 0 Å². The number of nitrogens with one attached hydrogen (secondary N) is 1. The molecule has 3 aromatic rings. The number of sulfonamides is 1. The first-order valence-electron chi connectivity index (χ1n) is 9.39. The summed E-state index contributed by atoms with van der Waals surface area (Å²) >= 11 is 0. The summed E-state index contributed by atoms with van der Waals surface area (Å²) in [5.41, 5.74) is 3.02. The van der Waals surface area contributed by atoms with Crippen LogP contribution in [0.2, 0.25) is 0 Å². The minimum Gasteiger partial charge on any atom is -0.322 e. The number of amides is 1. The number of hydrogen-bond acceptors (Lipinski definition) is 3. The van der Waals surface area contributed by atoms with E-state index >= 15 is 0 Å². The molecule has 0 heterocycles. The predicted octanol–water partition coefficient (Wildman–Crippen LogP) is 4.58. The second kappa shape index (κ2) is 8.67. The van der Waals surface area contributed by atoms with E-state index in [1.807, 2.05) is 26.8 Å². The van der Waals surface area contributed by atoms with E-state index < -0.39 is 28.3 Å². The third-order valence-electron chi connectivity index (χ3n) is 4.54. The average molecular weight is 427 g/mol. The second-order valence-corrected chi connectivity index (χ2v) is 9.06. The van der Waals surface area contributed by atoms with E-state index in [0.29, 0.717) is 5.69 Å². The minimum absolute atomic E-state index is 0.00407.